The Morgan fingerprint density at radius 1 is 0.967 bits per heavy atom. The lowest BCUT2D eigenvalue weighted by molar-refractivity contribution is -0.116. The number of hydrogen-bond acceptors (Lipinski definition) is 5. The van der Waals surface area contributed by atoms with Gasteiger partial charge in [-0.1, -0.05) is 72.4 Å². The predicted octanol–water partition coefficient (Wildman–Crippen LogP) is 4.78. The van der Waals surface area contributed by atoms with Crippen LogP contribution < -0.4 is 9.64 Å². The minimum atomic E-state index is -0.260. The van der Waals surface area contributed by atoms with Gasteiger partial charge < -0.3 is 4.74 Å². The maximum Gasteiger partial charge on any atom is 0.247 e. The molecule has 0 saturated carbocycles. The van der Waals surface area contributed by atoms with Gasteiger partial charge in [0.05, 0.1) is 24.3 Å². The van der Waals surface area contributed by atoms with Crippen molar-refractivity contribution in [2.75, 3.05) is 12.0 Å². The number of rotatable bonds is 6. The van der Waals surface area contributed by atoms with E-state index in [1.54, 1.807) is 18.2 Å². The first-order valence-electron chi connectivity index (χ1n) is 9.59. The van der Waals surface area contributed by atoms with Crippen molar-refractivity contribution in [1.82, 2.24) is 0 Å². The zero-order chi connectivity index (χ0) is 20.8. The average molecular weight is 416 g/mol. The fraction of sp³-hybridized carbons (Fsp3) is 0.125. The molecule has 4 rings (SSSR count). The highest BCUT2D eigenvalue weighted by Gasteiger charge is 2.39. The number of hydrogen-bond donors (Lipinski definition) is 0. The summed E-state index contributed by atoms with van der Waals surface area (Å²) in [6.45, 7) is 0. The van der Waals surface area contributed by atoms with Crippen LogP contribution in [0.1, 0.15) is 11.1 Å². The number of ether oxygens (including phenoxy) is 1. The van der Waals surface area contributed by atoms with Crippen LogP contribution in [0.4, 0.5) is 5.69 Å². The van der Waals surface area contributed by atoms with E-state index in [4.69, 9.17) is 4.74 Å². The molecule has 1 heterocycles. The number of amides is 1. The molecule has 0 aromatic heterocycles. The van der Waals surface area contributed by atoms with E-state index >= 15 is 0 Å². The summed E-state index contributed by atoms with van der Waals surface area (Å²) < 4.78 is 5.22. The highest BCUT2D eigenvalue weighted by Crippen LogP contribution is 2.34. The van der Waals surface area contributed by atoms with Gasteiger partial charge in [0, 0.05) is 0 Å². The van der Waals surface area contributed by atoms with Crippen LogP contribution in [0.2, 0.25) is 0 Å². The molecule has 1 atom stereocenters. The summed E-state index contributed by atoms with van der Waals surface area (Å²) >= 11 is 1.44. The van der Waals surface area contributed by atoms with Crippen LogP contribution in [0.25, 0.3) is 0 Å². The summed E-state index contributed by atoms with van der Waals surface area (Å²) in [4.78, 5) is 14.9. The van der Waals surface area contributed by atoms with Crippen molar-refractivity contribution in [2.24, 2.45) is 10.2 Å². The number of carbonyl (C=O) groups excluding carboxylic acids is 1. The molecule has 150 valence electrons. The van der Waals surface area contributed by atoms with Gasteiger partial charge in [0.2, 0.25) is 5.91 Å². The topological polar surface area (TPSA) is 54.3 Å². The molecule has 6 heteroatoms. The first-order chi connectivity index (χ1) is 14.7. The smallest absolute Gasteiger partial charge is 0.247 e. The van der Waals surface area contributed by atoms with Crippen LogP contribution in [0.15, 0.2) is 95.1 Å². The van der Waals surface area contributed by atoms with Crippen LogP contribution in [0, 0.1) is 0 Å². The molecule has 30 heavy (non-hydrogen) atoms. The van der Waals surface area contributed by atoms with Crippen LogP contribution in [0.5, 0.6) is 5.75 Å². The molecular weight excluding hydrogens is 394 g/mol. The number of benzene rings is 3. The number of nitrogens with zero attached hydrogens (tertiary/aromatic N) is 3. The molecule has 0 bridgehead atoms. The van der Waals surface area contributed by atoms with Gasteiger partial charge in [0.25, 0.3) is 0 Å². The summed E-state index contributed by atoms with van der Waals surface area (Å²) in [6, 6.07) is 27.1. The normalized spacial score (nSPS) is 17.8. The molecule has 0 aliphatic carbocycles. The van der Waals surface area contributed by atoms with Crippen LogP contribution in [-0.4, -0.2) is 29.6 Å². The summed E-state index contributed by atoms with van der Waals surface area (Å²) in [5.41, 5.74) is 2.82. The second-order valence-corrected chi connectivity index (χ2v) is 7.88. The maximum atomic E-state index is 13.2. The zero-order valence-electron chi connectivity index (χ0n) is 16.5. The van der Waals surface area contributed by atoms with E-state index in [-0.39, 0.29) is 11.2 Å². The largest absolute Gasteiger partial charge is 0.497 e. The first kappa shape index (κ1) is 19.9. The highest BCUT2D eigenvalue weighted by atomic mass is 32.2. The van der Waals surface area contributed by atoms with E-state index in [0.717, 1.165) is 22.6 Å². The average Bonchev–Trinajstić information content (AvgIpc) is 3.10. The van der Waals surface area contributed by atoms with Gasteiger partial charge in [-0.05, 0) is 41.8 Å². The predicted molar refractivity (Wildman–Crippen MR) is 123 cm³/mol. The van der Waals surface area contributed by atoms with Gasteiger partial charge in [-0.25, -0.2) is 0 Å². The fourth-order valence-corrected chi connectivity index (χ4v) is 4.27. The maximum absolute atomic E-state index is 13.2. The highest BCUT2D eigenvalue weighted by molar-refractivity contribution is 8.16. The minimum absolute atomic E-state index is 0.00989. The summed E-state index contributed by atoms with van der Waals surface area (Å²) in [6.07, 6.45) is 2.30. The van der Waals surface area contributed by atoms with E-state index in [0.29, 0.717) is 11.6 Å². The Bertz CT molecular complexity index is 1050. The first-order valence-corrected chi connectivity index (χ1v) is 10.5. The molecule has 1 aliphatic rings. The van der Waals surface area contributed by atoms with E-state index < -0.39 is 0 Å². The summed E-state index contributed by atoms with van der Waals surface area (Å²) in [5.74, 6) is 0.809. The lowest BCUT2D eigenvalue weighted by Crippen LogP contribution is -2.32. The van der Waals surface area contributed by atoms with Crippen LogP contribution in [0.3, 0.4) is 0 Å². The number of anilines is 1. The van der Waals surface area contributed by atoms with Crippen molar-refractivity contribution in [1.29, 1.82) is 0 Å². The molecular formula is C24H21N3O2S. The third-order valence-electron chi connectivity index (χ3n) is 4.68. The second-order valence-electron chi connectivity index (χ2n) is 6.71. The fourth-order valence-electron chi connectivity index (χ4n) is 3.14. The third kappa shape index (κ3) is 4.60. The van der Waals surface area contributed by atoms with Crippen molar-refractivity contribution in [3.05, 3.63) is 96.1 Å². The van der Waals surface area contributed by atoms with Crippen molar-refractivity contribution in [2.45, 2.75) is 11.7 Å². The SMILES string of the molecule is COc1ccc(C[C@@H]2S/C(=N\N=C/c3ccccc3)N(c3ccccc3)C2=O)cc1. The van der Waals surface area contributed by atoms with Gasteiger partial charge >= 0.3 is 0 Å². The van der Waals surface area contributed by atoms with Crippen molar-refractivity contribution >= 4 is 34.7 Å². The molecule has 1 saturated heterocycles. The molecule has 1 amide bonds. The van der Waals surface area contributed by atoms with Gasteiger partial charge in [-0.15, -0.1) is 5.10 Å². The van der Waals surface area contributed by atoms with Gasteiger partial charge in [0.15, 0.2) is 5.17 Å². The monoisotopic (exact) mass is 415 g/mol. The number of carbonyl (C=O) groups is 1. The van der Waals surface area contributed by atoms with Gasteiger partial charge in [-0.2, -0.15) is 5.10 Å². The summed E-state index contributed by atoms with van der Waals surface area (Å²) in [5, 5.41) is 8.93. The molecule has 0 spiro atoms. The lowest BCUT2D eigenvalue weighted by atomic mass is 10.1. The van der Waals surface area contributed by atoms with E-state index in [2.05, 4.69) is 10.2 Å². The standard InChI is InChI=1S/C24H21N3O2S/c1-29-21-14-12-18(13-15-21)16-22-23(28)27(20-10-6-3-7-11-20)24(30-22)26-25-17-19-8-4-2-5-9-19/h2-15,17,22H,16H2,1H3/b25-17-,26-24-/t22-/m0/s1. The Morgan fingerprint density at radius 3 is 2.30 bits per heavy atom. The Labute approximate surface area is 180 Å². The lowest BCUT2D eigenvalue weighted by Gasteiger charge is -2.15. The molecule has 1 fully saturated rings. The summed E-state index contributed by atoms with van der Waals surface area (Å²) in [7, 11) is 1.64. The number of amidine groups is 1. The minimum Gasteiger partial charge on any atom is -0.497 e. The number of methoxy groups -OCH3 is 1. The molecule has 3 aromatic rings. The van der Waals surface area contributed by atoms with Crippen molar-refractivity contribution in [3.8, 4) is 5.75 Å². The van der Waals surface area contributed by atoms with Crippen LogP contribution in [-0.2, 0) is 11.2 Å². The van der Waals surface area contributed by atoms with E-state index in [1.807, 2.05) is 84.9 Å². The third-order valence-corrected chi connectivity index (χ3v) is 5.81. The molecule has 0 N–H and O–H groups in total. The number of thioether (sulfide) groups is 1. The number of para-hydroxylation sites is 1. The molecule has 0 unspecified atom stereocenters. The van der Waals surface area contributed by atoms with Crippen molar-refractivity contribution < 1.29 is 9.53 Å². The van der Waals surface area contributed by atoms with Gasteiger partial charge in [0.1, 0.15) is 5.75 Å². The quantitative estimate of drug-likeness (QED) is 0.430. The van der Waals surface area contributed by atoms with Crippen LogP contribution >= 0.6 is 11.8 Å². The molecule has 1 aliphatic heterocycles. The zero-order valence-corrected chi connectivity index (χ0v) is 17.3. The molecule has 5 nitrogen and oxygen atoms in total. The molecule has 3 aromatic carbocycles. The van der Waals surface area contributed by atoms with Crippen molar-refractivity contribution in [3.63, 3.8) is 0 Å². The van der Waals surface area contributed by atoms with Gasteiger partial charge in [-0.3, -0.25) is 9.69 Å². The molecule has 0 radical (unpaired) electrons. The second kappa shape index (κ2) is 9.41. The van der Waals surface area contributed by atoms with E-state index in [1.165, 1.54) is 11.8 Å². The Hall–Kier alpha value is -3.38. The Kier molecular flexibility index (Phi) is 6.25. The Morgan fingerprint density at radius 2 is 1.63 bits per heavy atom. The Balaban J connectivity index is 1.59. The van der Waals surface area contributed by atoms with E-state index in [9.17, 15) is 4.79 Å².